The van der Waals surface area contributed by atoms with E-state index in [1.54, 1.807) is 0 Å². The number of alkyl halides is 1. The van der Waals surface area contributed by atoms with Gasteiger partial charge in [0.05, 0.1) is 0 Å². The first-order chi connectivity index (χ1) is 3.70. The van der Waals surface area contributed by atoms with E-state index in [9.17, 15) is 0 Å². The molecule has 0 aromatic carbocycles. The summed E-state index contributed by atoms with van der Waals surface area (Å²) in [7, 11) is 0. The average Bonchev–Trinajstić information content (AvgIpc) is 1.85. The van der Waals surface area contributed by atoms with E-state index in [0.717, 1.165) is 16.7 Å². The first kappa shape index (κ1) is 6.60. The van der Waals surface area contributed by atoms with E-state index >= 15 is 0 Å². The van der Waals surface area contributed by atoms with Gasteiger partial charge in [0.1, 0.15) is 0 Å². The fraction of sp³-hybridized carbons (Fsp3) is 0.857. The van der Waals surface area contributed by atoms with E-state index < -0.39 is 0 Å². The molecule has 3 atom stereocenters. The Morgan fingerprint density at radius 3 is 2.25 bits per heavy atom. The largest absolute Gasteiger partial charge is 0.0888 e. The Labute approximate surface area is 59.8 Å². The van der Waals surface area contributed by atoms with Gasteiger partial charge in [0.25, 0.3) is 0 Å². The summed E-state index contributed by atoms with van der Waals surface area (Å²) < 4.78 is 0. The molecule has 0 heterocycles. The quantitative estimate of drug-likeness (QED) is 0.497. The third-order valence-electron chi connectivity index (χ3n) is 1.80. The van der Waals surface area contributed by atoms with Crippen LogP contribution in [-0.4, -0.2) is 4.83 Å². The molecule has 8 heavy (non-hydrogen) atoms. The first-order valence-corrected chi connectivity index (χ1v) is 4.11. The minimum atomic E-state index is 0.748. The molecule has 3 unspecified atom stereocenters. The van der Waals surface area contributed by atoms with Gasteiger partial charge >= 0.3 is 0 Å². The molecule has 1 rings (SSSR count). The third kappa shape index (κ3) is 1.25. The molecule has 0 saturated heterocycles. The SMILES string of the molecule is CC1[CH]C(C)C(Br)C1. The highest BCUT2D eigenvalue weighted by Gasteiger charge is 2.26. The lowest BCUT2D eigenvalue weighted by atomic mass is 10.1. The van der Waals surface area contributed by atoms with Crippen molar-refractivity contribution >= 4 is 15.9 Å². The van der Waals surface area contributed by atoms with Gasteiger partial charge in [-0.1, -0.05) is 29.8 Å². The Balaban J connectivity index is 2.39. The maximum Gasteiger partial charge on any atom is 0.0176 e. The van der Waals surface area contributed by atoms with Gasteiger partial charge in [0.2, 0.25) is 0 Å². The van der Waals surface area contributed by atoms with Crippen LogP contribution in [0.3, 0.4) is 0 Å². The summed E-state index contributed by atoms with van der Waals surface area (Å²) in [5.74, 6) is 1.61. The van der Waals surface area contributed by atoms with Crippen molar-refractivity contribution in [3.8, 4) is 0 Å². The fourth-order valence-corrected chi connectivity index (χ4v) is 2.05. The zero-order valence-electron chi connectivity index (χ0n) is 5.39. The lowest BCUT2D eigenvalue weighted by Crippen LogP contribution is -1.99. The molecule has 1 fully saturated rings. The lowest BCUT2D eigenvalue weighted by molar-refractivity contribution is 0.700. The summed E-state index contributed by atoms with van der Waals surface area (Å²) in [5.41, 5.74) is 0. The Kier molecular flexibility index (Phi) is 1.97. The summed E-state index contributed by atoms with van der Waals surface area (Å²) in [6.45, 7) is 4.54. The van der Waals surface area contributed by atoms with Gasteiger partial charge in [-0.15, -0.1) is 0 Å². The van der Waals surface area contributed by atoms with Gasteiger partial charge in [-0.3, -0.25) is 0 Å². The zero-order valence-corrected chi connectivity index (χ0v) is 6.98. The van der Waals surface area contributed by atoms with Crippen molar-refractivity contribution in [1.82, 2.24) is 0 Å². The summed E-state index contributed by atoms with van der Waals surface area (Å²) in [6.07, 6.45) is 3.74. The molecule has 0 amide bonds. The maximum atomic E-state index is 3.61. The minimum Gasteiger partial charge on any atom is -0.0888 e. The van der Waals surface area contributed by atoms with Crippen molar-refractivity contribution in [2.75, 3.05) is 0 Å². The molecule has 0 spiro atoms. The van der Waals surface area contributed by atoms with Crippen molar-refractivity contribution in [1.29, 1.82) is 0 Å². The van der Waals surface area contributed by atoms with Crippen molar-refractivity contribution < 1.29 is 0 Å². The number of rotatable bonds is 0. The Bertz CT molecular complexity index is 70.5. The highest BCUT2D eigenvalue weighted by atomic mass is 79.9. The standard InChI is InChI=1S/C7H12Br/c1-5-3-6(2)7(8)4-5/h3,5-7H,4H2,1-2H3. The van der Waals surface area contributed by atoms with Gasteiger partial charge in [-0.05, 0) is 24.7 Å². The third-order valence-corrected chi connectivity index (χ3v) is 3.01. The minimum absolute atomic E-state index is 0.748. The molecule has 0 bridgehead atoms. The molecular formula is C7H12Br. The van der Waals surface area contributed by atoms with E-state index in [1.807, 2.05) is 0 Å². The summed E-state index contributed by atoms with van der Waals surface area (Å²) in [6, 6.07) is 0. The molecule has 47 valence electrons. The predicted octanol–water partition coefficient (Wildman–Crippen LogP) is 2.63. The van der Waals surface area contributed by atoms with E-state index in [0.29, 0.717) is 0 Å². The molecule has 1 saturated carbocycles. The summed E-state index contributed by atoms with van der Waals surface area (Å²) in [4.78, 5) is 0.748. The van der Waals surface area contributed by atoms with Crippen LogP contribution in [0.2, 0.25) is 0 Å². The van der Waals surface area contributed by atoms with Gasteiger partial charge in [0, 0.05) is 4.83 Å². The smallest absolute Gasteiger partial charge is 0.0176 e. The molecule has 0 nitrogen and oxygen atoms in total. The molecule has 1 aliphatic rings. The van der Waals surface area contributed by atoms with Crippen LogP contribution >= 0.6 is 15.9 Å². The van der Waals surface area contributed by atoms with Crippen molar-refractivity contribution in [2.24, 2.45) is 11.8 Å². The monoisotopic (exact) mass is 175 g/mol. The second-order valence-electron chi connectivity index (χ2n) is 2.78. The highest BCUT2D eigenvalue weighted by molar-refractivity contribution is 9.09. The van der Waals surface area contributed by atoms with Crippen molar-refractivity contribution in [3.05, 3.63) is 6.42 Å². The van der Waals surface area contributed by atoms with E-state index in [1.165, 1.54) is 6.42 Å². The van der Waals surface area contributed by atoms with Crippen LogP contribution in [0.4, 0.5) is 0 Å². The van der Waals surface area contributed by atoms with Crippen LogP contribution < -0.4 is 0 Å². The molecule has 1 radical (unpaired) electrons. The van der Waals surface area contributed by atoms with Crippen LogP contribution in [-0.2, 0) is 0 Å². The van der Waals surface area contributed by atoms with Crippen LogP contribution in [0.5, 0.6) is 0 Å². The molecule has 0 aromatic heterocycles. The molecule has 0 aromatic rings. The van der Waals surface area contributed by atoms with Gasteiger partial charge in [0.15, 0.2) is 0 Å². The van der Waals surface area contributed by atoms with Crippen LogP contribution in [0, 0.1) is 18.3 Å². The van der Waals surface area contributed by atoms with Crippen molar-refractivity contribution in [2.45, 2.75) is 25.1 Å². The first-order valence-electron chi connectivity index (χ1n) is 3.19. The van der Waals surface area contributed by atoms with Gasteiger partial charge in [-0.2, -0.15) is 0 Å². The lowest BCUT2D eigenvalue weighted by Gasteiger charge is -2.02. The van der Waals surface area contributed by atoms with Crippen LogP contribution in [0.15, 0.2) is 0 Å². The molecular weight excluding hydrogens is 164 g/mol. The molecule has 1 aliphatic carbocycles. The second kappa shape index (κ2) is 2.38. The van der Waals surface area contributed by atoms with E-state index in [2.05, 4.69) is 36.2 Å². The Hall–Kier alpha value is 0.480. The van der Waals surface area contributed by atoms with Crippen LogP contribution in [0.25, 0.3) is 0 Å². The second-order valence-corrected chi connectivity index (χ2v) is 3.96. The topological polar surface area (TPSA) is 0 Å². The van der Waals surface area contributed by atoms with Crippen LogP contribution in [0.1, 0.15) is 20.3 Å². The van der Waals surface area contributed by atoms with E-state index in [-0.39, 0.29) is 0 Å². The Morgan fingerprint density at radius 2 is 2.12 bits per heavy atom. The molecule has 0 aliphatic heterocycles. The van der Waals surface area contributed by atoms with E-state index in [4.69, 9.17) is 0 Å². The van der Waals surface area contributed by atoms with Crippen molar-refractivity contribution in [3.63, 3.8) is 0 Å². The zero-order chi connectivity index (χ0) is 6.15. The Morgan fingerprint density at radius 1 is 1.50 bits per heavy atom. The number of hydrogen-bond acceptors (Lipinski definition) is 0. The normalized spacial score (nSPS) is 47.6. The van der Waals surface area contributed by atoms with Gasteiger partial charge < -0.3 is 0 Å². The predicted molar refractivity (Wildman–Crippen MR) is 40.0 cm³/mol. The molecule has 0 N–H and O–H groups in total. The summed E-state index contributed by atoms with van der Waals surface area (Å²) in [5, 5.41) is 0. The maximum absolute atomic E-state index is 3.61. The van der Waals surface area contributed by atoms with Gasteiger partial charge in [-0.25, -0.2) is 0 Å². The average molecular weight is 176 g/mol. The summed E-state index contributed by atoms with van der Waals surface area (Å²) >= 11 is 3.61. The highest BCUT2D eigenvalue weighted by Crippen LogP contribution is 2.34. The molecule has 1 heteroatoms. The number of halogens is 1. The fourth-order valence-electron chi connectivity index (χ4n) is 1.29. The number of hydrogen-bond donors (Lipinski definition) is 0.